The van der Waals surface area contributed by atoms with Crippen molar-refractivity contribution in [2.75, 3.05) is 32.7 Å². The summed E-state index contributed by atoms with van der Waals surface area (Å²) in [4.78, 5) is 28.8. The molecule has 0 spiro atoms. The molecule has 0 bridgehead atoms. The molecule has 1 N–H and O–H groups in total. The molecule has 22 heavy (non-hydrogen) atoms. The van der Waals surface area contributed by atoms with E-state index in [0.29, 0.717) is 19.6 Å². The fraction of sp³-hybridized carbons (Fsp3) is 0.529. The summed E-state index contributed by atoms with van der Waals surface area (Å²) in [6.45, 7) is 3.28. The van der Waals surface area contributed by atoms with Crippen LogP contribution in [0.25, 0.3) is 0 Å². The molecule has 5 heteroatoms. The number of nitrogens with one attached hydrogen (secondary N) is 1. The lowest BCUT2D eigenvalue weighted by atomic mass is 10.0. The first-order valence-electron chi connectivity index (χ1n) is 8.10. The normalized spacial score (nSPS) is 21.3. The van der Waals surface area contributed by atoms with Crippen molar-refractivity contribution in [3.8, 4) is 0 Å². The number of piperidine rings is 1. The molecule has 5 nitrogen and oxygen atoms in total. The summed E-state index contributed by atoms with van der Waals surface area (Å²) in [5, 5.41) is 2.83. The minimum absolute atomic E-state index is 0.00127. The molecule has 2 aliphatic rings. The van der Waals surface area contributed by atoms with E-state index in [1.165, 1.54) is 6.42 Å². The van der Waals surface area contributed by atoms with Crippen LogP contribution in [0.2, 0.25) is 0 Å². The number of hydrogen-bond donors (Lipinski definition) is 1. The Morgan fingerprint density at radius 3 is 2.45 bits per heavy atom. The molecule has 1 aromatic carbocycles. The Kier molecular flexibility index (Phi) is 4.73. The first kappa shape index (κ1) is 15.0. The second-order valence-electron chi connectivity index (χ2n) is 6.02. The molecule has 0 aromatic heterocycles. The van der Waals surface area contributed by atoms with Gasteiger partial charge in [-0.3, -0.25) is 14.5 Å². The summed E-state index contributed by atoms with van der Waals surface area (Å²) in [5.41, 5.74) is 0.979. The SMILES string of the molecule is O=C1CN([C@H](C(=O)N2CCCCC2)c2ccccc2)CCN1. The largest absolute Gasteiger partial charge is 0.354 e. The van der Waals surface area contributed by atoms with Crippen LogP contribution in [0, 0.1) is 0 Å². The van der Waals surface area contributed by atoms with E-state index in [2.05, 4.69) is 5.32 Å². The van der Waals surface area contributed by atoms with Gasteiger partial charge in [0.1, 0.15) is 6.04 Å². The first-order valence-corrected chi connectivity index (χ1v) is 8.10. The Balaban J connectivity index is 1.85. The molecule has 2 fully saturated rings. The topological polar surface area (TPSA) is 52.7 Å². The van der Waals surface area contributed by atoms with Crippen molar-refractivity contribution in [3.63, 3.8) is 0 Å². The molecule has 0 radical (unpaired) electrons. The Labute approximate surface area is 131 Å². The van der Waals surface area contributed by atoms with Gasteiger partial charge in [0.05, 0.1) is 6.54 Å². The van der Waals surface area contributed by atoms with Crippen LogP contribution in [0.1, 0.15) is 30.9 Å². The monoisotopic (exact) mass is 301 g/mol. The standard InChI is InChI=1S/C17H23N3O2/c21-15-13-20(12-9-18-15)16(14-7-3-1-4-8-14)17(22)19-10-5-2-6-11-19/h1,3-4,7-8,16H,2,5-6,9-13H2,(H,18,21)/t16-/m0/s1. The summed E-state index contributed by atoms with van der Waals surface area (Å²) in [6.07, 6.45) is 3.35. The number of carbonyl (C=O) groups excluding carboxylic acids is 2. The number of amides is 2. The van der Waals surface area contributed by atoms with Gasteiger partial charge in [0.2, 0.25) is 11.8 Å². The fourth-order valence-corrected chi connectivity index (χ4v) is 3.31. The smallest absolute Gasteiger partial charge is 0.244 e. The van der Waals surface area contributed by atoms with Gasteiger partial charge in [-0.05, 0) is 24.8 Å². The van der Waals surface area contributed by atoms with Gasteiger partial charge in [-0.1, -0.05) is 30.3 Å². The van der Waals surface area contributed by atoms with Crippen molar-refractivity contribution in [2.24, 2.45) is 0 Å². The highest BCUT2D eigenvalue weighted by atomic mass is 16.2. The summed E-state index contributed by atoms with van der Waals surface area (Å²) in [5.74, 6) is 0.138. The van der Waals surface area contributed by atoms with Crippen molar-refractivity contribution < 1.29 is 9.59 Å². The van der Waals surface area contributed by atoms with Crippen molar-refractivity contribution in [1.82, 2.24) is 15.1 Å². The van der Waals surface area contributed by atoms with E-state index in [1.54, 1.807) is 0 Å². The molecule has 118 valence electrons. The van der Waals surface area contributed by atoms with Gasteiger partial charge in [-0.25, -0.2) is 0 Å². The number of benzene rings is 1. The predicted octanol–water partition coefficient (Wildman–Crippen LogP) is 1.17. The van der Waals surface area contributed by atoms with Crippen LogP contribution in [0.5, 0.6) is 0 Å². The molecule has 1 atom stereocenters. The molecular formula is C17H23N3O2. The van der Waals surface area contributed by atoms with Gasteiger partial charge in [-0.15, -0.1) is 0 Å². The van der Waals surface area contributed by atoms with E-state index < -0.39 is 0 Å². The summed E-state index contributed by atoms with van der Waals surface area (Å²) in [6, 6.07) is 9.49. The molecule has 2 heterocycles. The van der Waals surface area contributed by atoms with Crippen LogP contribution in [0.4, 0.5) is 0 Å². The zero-order chi connectivity index (χ0) is 15.4. The molecule has 0 aliphatic carbocycles. The van der Waals surface area contributed by atoms with Gasteiger partial charge in [0, 0.05) is 26.2 Å². The third-order valence-electron chi connectivity index (χ3n) is 4.45. The highest BCUT2D eigenvalue weighted by molar-refractivity contribution is 5.85. The zero-order valence-electron chi connectivity index (χ0n) is 12.8. The van der Waals surface area contributed by atoms with E-state index >= 15 is 0 Å². The summed E-state index contributed by atoms with van der Waals surface area (Å²) >= 11 is 0. The highest BCUT2D eigenvalue weighted by Gasteiger charge is 2.34. The second kappa shape index (κ2) is 6.92. The average Bonchev–Trinajstić information content (AvgIpc) is 2.57. The number of likely N-dealkylation sites (tertiary alicyclic amines) is 1. The molecule has 2 saturated heterocycles. The van der Waals surface area contributed by atoms with E-state index in [4.69, 9.17) is 0 Å². The average molecular weight is 301 g/mol. The molecule has 2 amide bonds. The van der Waals surface area contributed by atoms with E-state index in [9.17, 15) is 9.59 Å². The van der Waals surface area contributed by atoms with Gasteiger partial charge < -0.3 is 10.2 Å². The molecule has 3 rings (SSSR count). The van der Waals surface area contributed by atoms with Gasteiger partial charge >= 0.3 is 0 Å². The van der Waals surface area contributed by atoms with Gasteiger partial charge in [0.25, 0.3) is 0 Å². The summed E-state index contributed by atoms with van der Waals surface area (Å²) < 4.78 is 0. The Bertz CT molecular complexity index is 526. The van der Waals surface area contributed by atoms with Crippen LogP contribution in [0.15, 0.2) is 30.3 Å². The van der Waals surface area contributed by atoms with Crippen LogP contribution in [-0.4, -0.2) is 54.3 Å². The maximum atomic E-state index is 13.1. The number of carbonyl (C=O) groups is 2. The maximum absolute atomic E-state index is 13.1. The quantitative estimate of drug-likeness (QED) is 0.912. The van der Waals surface area contributed by atoms with Crippen LogP contribution >= 0.6 is 0 Å². The third-order valence-corrected chi connectivity index (χ3v) is 4.45. The molecule has 0 unspecified atom stereocenters. The lowest BCUT2D eigenvalue weighted by Gasteiger charge is -2.37. The van der Waals surface area contributed by atoms with Crippen LogP contribution < -0.4 is 5.32 Å². The fourth-order valence-electron chi connectivity index (χ4n) is 3.31. The lowest BCUT2D eigenvalue weighted by molar-refractivity contribution is -0.140. The number of rotatable bonds is 3. The second-order valence-corrected chi connectivity index (χ2v) is 6.02. The van der Waals surface area contributed by atoms with Crippen molar-refractivity contribution in [3.05, 3.63) is 35.9 Å². The molecule has 2 aliphatic heterocycles. The van der Waals surface area contributed by atoms with Crippen molar-refractivity contribution in [1.29, 1.82) is 0 Å². The number of nitrogens with zero attached hydrogens (tertiary/aromatic N) is 2. The Morgan fingerprint density at radius 2 is 1.77 bits per heavy atom. The van der Waals surface area contributed by atoms with E-state index in [1.807, 2.05) is 40.1 Å². The predicted molar refractivity (Wildman–Crippen MR) is 84.2 cm³/mol. The van der Waals surface area contributed by atoms with Crippen molar-refractivity contribution >= 4 is 11.8 Å². The number of hydrogen-bond acceptors (Lipinski definition) is 3. The van der Waals surface area contributed by atoms with E-state index in [-0.39, 0.29) is 17.9 Å². The minimum Gasteiger partial charge on any atom is -0.354 e. The maximum Gasteiger partial charge on any atom is 0.244 e. The highest BCUT2D eigenvalue weighted by Crippen LogP contribution is 2.25. The Morgan fingerprint density at radius 1 is 1.05 bits per heavy atom. The number of piperazine rings is 1. The van der Waals surface area contributed by atoms with E-state index in [0.717, 1.165) is 31.5 Å². The van der Waals surface area contributed by atoms with Crippen LogP contribution in [0.3, 0.4) is 0 Å². The summed E-state index contributed by atoms with van der Waals surface area (Å²) in [7, 11) is 0. The third kappa shape index (κ3) is 3.30. The Hall–Kier alpha value is -1.88. The van der Waals surface area contributed by atoms with Crippen molar-refractivity contribution in [2.45, 2.75) is 25.3 Å². The first-order chi connectivity index (χ1) is 10.8. The molecular weight excluding hydrogens is 278 g/mol. The van der Waals surface area contributed by atoms with Crippen LogP contribution in [-0.2, 0) is 9.59 Å². The lowest BCUT2D eigenvalue weighted by Crippen LogP contribution is -2.53. The molecule has 0 saturated carbocycles. The minimum atomic E-state index is -0.342. The molecule has 1 aromatic rings. The zero-order valence-corrected chi connectivity index (χ0v) is 12.8. The van der Waals surface area contributed by atoms with Gasteiger partial charge in [0.15, 0.2) is 0 Å². The van der Waals surface area contributed by atoms with Gasteiger partial charge in [-0.2, -0.15) is 0 Å².